The molecule has 0 atom stereocenters. The molecule has 0 unspecified atom stereocenters. The molecule has 0 saturated carbocycles. The summed E-state index contributed by atoms with van der Waals surface area (Å²) in [5.74, 6) is 0.912. The predicted molar refractivity (Wildman–Crippen MR) is 91.1 cm³/mol. The minimum absolute atomic E-state index is 0.121. The van der Waals surface area contributed by atoms with E-state index in [9.17, 15) is 0 Å². The number of hydrogen-bond donors (Lipinski definition) is 1. The number of likely N-dealkylation sites (tertiary alicyclic amines) is 1. The fourth-order valence-electron chi connectivity index (χ4n) is 3.09. The van der Waals surface area contributed by atoms with Crippen molar-refractivity contribution in [3.8, 4) is 5.75 Å². The van der Waals surface area contributed by atoms with Gasteiger partial charge in [0.25, 0.3) is 0 Å². The summed E-state index contributed by atoms with van der Waals surface area (Å²) >= 11 is 0. The van der Waals surface area contributed by atoms with Crippen molar-refractivity contribution in [1.29, 1.82) is 0 Å². The fraction of sp³-hybridized carbons (Fsp3) is 0.368. The predicted octanol–water partition coefficient (Wildman–Crippen LogP) is 3.35. The highest BCUT2D eigenvalue weighted by atomic mass is 16.5. The van der Waals surface area contributed by atoms with Crippen LogP contribution in [0.1, 0.15) is 18.4 Å². The van der Waals surface area contributed by atoms with Crippen LogP contribution in [-0.2, 0) is 6.42 Å². The minimum atomic E-state index is -0.121. The lowest BCUT2D eigenvalue weighted by Crippen LogP contribution is -2.48. The van der Waals surface area contributed by atoms with E-state index in [2.05, 4.69) is 42.3 Å². The van der Waals surface area contributed by atoms with Gasteiger partial charge in [0.2, 0.25) is 0 Å². The Morgan fingerprint density at radius 1 is 1.00 bits per heavy atom. The van der Waals surface area contributed by atoms with E-state index in [0.717, 1.165) is 43.8 Å². The maximum Gasteiger partial charge on any atom is 0.120 e. The third-order valence-corrected chi connectivity index (χ3v) is 4.48. The number of rotatable bonds is 4. The lowest BCUT2D eigenvalue weighted by atomic mass is 9.85. The van der Waals surface area contributed by atoms with Gasteiger partial charge in [-0.2, -0.15) is 0 Å². The highest BCUT2D eigenvalue weighted by Gasteiger charge is 2.36. The number of hydrogen-bond acceptors (Lipinski definition) is 3. The fourth-order valence-corrected chi connectivity index (χ4v) is 3.09. The molecule has 2 aromatic carbocycles. The number of nitrogens with zero attached hydrogens (tertiary/aromatic N) is 1. The van der Waals surface area contributed by atoms with Crippen LogP contribution in [0.15, 0.2) is 54.6 Å². The number of nitrogen functional groups attached to an aromatic ring is 1. The van der Waals surface area contributed by atoms with E-state index < -0.39 is 0 Å². The first-order valence-corrected chi connectivity index (χ1v) is 7.92. The van der Waals surface area contributed by atoms with Crippen molar-refractivity contribution in [1.82, 2.24) is 4.90 Å². The maximum absolute atomic E-state index is 6.47. The van der Waals surface area contributed by atoms with E-state index in [4.69, 9.17) is 10.5 Å². The van der Waals surface area contributed by atoms with E-state index in [-0.39, 0.29) is 5.60 Å². The van der Waals surface area contributed by atoms with Crippen LogP contribution < -0.4 is 10.5 Å². The molecule has 0 aromatic heterocycles. The molecule has 116 valence electrons. The van der Waals surface area contributed by atoms with Gasteiger partial charge in [-0.25, -0.2) is 0 Å². The zero-order chi connectivity index (χ0) is 15.4. The molecule has 0 aliphatic carbocycles. The van der Waals surface area contributed by atoms with Crippen molar-refractivity contribution in [2.75, 3.05) is 25.9 Å². The molecule has 2 N–H and O–H groups in total. The van der Waals surface area contributed by atoms with E-state index in [1.165, 1.54) is 5.56 Å². The summed E-state index contributed by atoms with van der Waals surface area (Å²) in [5.41, 5.74) is 7.76. The summed E-state index contributed by atoms with van der Waals surface area (Å²) in [6, 6.07) is 18.4. The van der Waals surface area contributed by atoms with Gasteiger partial charge in [-0.05, 0) is 36.9 Å². The molecule has 22 heavy (non-hydrogen) atoms. The van der Waals surface area contributed by atoms with Crippen LogP contribution in [0.3, 0.4) is 0 Å². The van der Waals surface area contributed by atoms with Gasteiger partial charge in [0.05, 0.1) is 0 Å². The molecule has 1 aliphatic rings. The minimum Gasteiger partial charge on any atom is -0.487 e. The normalized spacial score (nSPS) is 18.0. The molecule has 0 spiro atoms. The first-order valence-electron chi connectivity index (χ1n) is 7.92. The van der Waals surface area contributed by atoms with Crippen molar-refractivity contribution < 1.29 is 4.74 Å². The Labute approximate surface area is 132 Å². The average Bonchev–Trinajstić information content (AvgIpc) is 2.54. The molecule has 0 amide bonds. The second kappa shape index (κ2) is 6.41. The van der Waals surface area contributed by atoms with Gasteiger partial charge in [0.15, 0.2) is 0 Å². The zero-order valence-electron chi connectivity index (χ0n) is 13.2. The Kier molecular flexibility index (Phi) is 4.34. The van der Waals surface area contributed by atoms with Gasteiger partial charge < -0.3 is 15.4 Å². The molecule has 3 heteroatoms. The monoisotopic (exact) mass is 296 g/mol. The highest BCUT2D eigenvalue weighted by Crippen LogP contribution is 2.32. The number of piperidine rings is 1. The van der Waals surface area contributed by atoms with Crippen molar-refractivity contribution >= 4 is 5.69 Å². The van der Waals surface area contributed by atoms with Gasteiger partial charge in [-0.3, -0.25) is 0 Å². The van der Waals surface area contributed by atoms with Crippen molar-refractivity contribution in [3.05, 3.63) is 60.2 Å². The van der Waals surface area contributed by atoms with Crippen LogP contribution in [0.4, 0.5) is 5.69 Å². The van der Waals surface area contributed by atoms with Crippen molar-refractivity contribution in [2.24, 2.45) is 0 Å². The molecule has 1 heterocycles. The molecule has 3 rings (SSSR count). The average molecular weight is 296 g/mol. The summed E-state index contributed by atoms with van der Waals surface area (Å²) in [5, 5.41) is 0. The van der Waals surface area contributed by atoms with Crippen molar-refractivity contribution in [3.63, 3.8) is 0 Å². The van der Waals surface area contributed by atoms with Crippen LogP contribution in [-0.4, -0.2) is 30.6 Å². The van der Waals surface area contributed by atoms with Gasteiger partial charge in [-0.15, -0.1) is 0 Å². The summed E-state index contributed by atoms with van der Waals surface area (Å²) in [6.45, 7) is 2.14. The summed E-state index contributed by atoms with van der Waals surface area (Å²) in [7, 11) is 2.18. The van der Waals surface area contributed by atoms with Gasteiger partial charge in [0.1, 0.15) is 11.4 Å². The van der Waals surface area contributed by atoms with Crippen LogP contribution in [0.25, 0.3) is 0 Å². The zero-order valence-corrected chi connectivity index (χ0v) is 13.2. The van der Waals surface area contributed by atoms with E-state index in [1.807, 2.05) is 24.3 Å². The largest absolute Gasteiger partial charge is 0.487 e. The lowest BCUT2D eigenvalue weighted by molar-refractivity contribution is 0.00814. The Hall–Kier alpha value is -2.00. The first-order chi connectivity index (χ1) is 10.7. The van der Waals surface area contributed by atoms with Crippen LogP contribution >= 0.6 is 0 Å². The molecule has 1 aliphatic heterocycles. The van der Waals surface area contributed by atoms with Crippen LogP contribution in [0.2, 0.25) is 0 Å². The Morgan fingerprint density at radius 3 is 2.27 bits per heavy atom. The summed E-state index contributed by atoms with van der Waals surface area (Å²) in [6.07, 6.45) is 3.04. The molecule has 1 fully saturated rings. The van der Waals surface area contributed by atoms with Gasteiger partial charge >= 0.3 is 0 Å². The highest BCUT2D eigenvalue weighted by molar-refractivity contribution is 5.41. The molecule has 2 aromatic rings. The Balaban J connectivity index is 1.81. The van der Waals surface area contributed by atoms with Crippen molar-refractivity contribution in [2.45, 2.75) is 24.9 Å². The number of ether oxygens (including phenoxy) is 1. The number of benzene rings is 2. The van der Waals surface area contributed by atoms with E-state index in [0.29, 0.717) is 0 Å². The third kappa shape index (κ3) is 3.60. The molecular formula is C19H24N2O. The topological polar surface area (TPSA) is 38.5 Å². The quantitative estimate of drug-likeness (QED) is 0.879. The molecule has 0 bridgehead atoms. The third-order valence-electron chi connectivity index (χ3n) is 4.48. The van der Waals surface area contributed by atoms with E-state index >= 15 is 0 Å². The second-order valence-corrected chi connectivity index (χ2v) is 6.32. The van der Waals surface area contributed by atoms with Crippen LogP contribution in [0, 0.1) is 0 Å². The molecule has 3 nitrogen and oxygen atoms in total. The first kappa shape index (κ1) is 14.9. The standard InChI is InChI=1S/C19H24N2O/c1-21-13-11-19(12-14-21,15-16-5-3-2-4-6-16)22-18-9-7-17(20)8-10-18/h2-10H,11-15,20H2,1H3. The number of anilines is 1. The van der Waals surface area contributed by atoms with E-state index in [1.54, 1.807) is 0 Å². The number of nitrogens with two attached hydrogens (primary N) is 1. The molecule has 1 saturated heterocycles. The summed E-state index contributed by atoms with van der Waals surface area (Å²) < 4.78 is 6.47. The Bertz CT molecular complexity index is 587. The summed E-state index contributed by atoms with van der Waals surface area (Å²) in [4.78, 5) is 2.37. The SMILES string of the molecule is CN1CCC(Cc2ccccc2)(Oc2ccc(N)cc2)CC1. The Morgan fingerprint density at radius 2 is 1.64 bits per heavy atom. The van der Waals surface area contributed by atoms with Crippen LogP contribution in [0.5, 0.6) is 5.75 Å². The molecule has 0 radical (unpaired) electrons. The molecular weight excluding hydrogens is 272 g/mol. The smallest absolute Gasteiger partial charge is 0.120 e. The second-order valence-electron chi connectivity index (χ2n) is 6.32. The van der Waals surface area contributed by atoms with Gasteiger partial charge in [-0.1, -0.05) is 30.3 Å². The maximum atomic E-state index is 6.47. The lowest BCUT2D eigenvalue weighted by Gasteiger charge is -2.41. The van der Waals surface area contributed by atoms with Gasteiger partial charge in [0, 0.05) is 38.0 Å².